The van der Waals surface area contributed by atoms with Gasteiger partial charge in [0.05, 0.1) is 24.8 Å². The minimum Gasteiger partial charge on any atom is -0.490 e. The number of carbonyl (C=O) groups excluding carboxylic acids is 1. The summed E-state index contributed by atoms with van der Waals surface area (Å²) in [6, 6.07) is 2.56. The molecule has 0 spiro atoms. The number of nitrogens with zero attached hydrogens (tertiary/aromatic N) is 3. The lowest BCUT2D eigenvalue weighted by molar-refractivity contribution is -0.119. The van der Waals surface area contributed by atoms with Crippen LogP contribution in [0, 0.1) is 18.7 Å². The summed E-state index contributed by atoms with van der Waals surface area (Å²) in [5.41, 5.74) is 1.25. The Morgan fingerprint density at radius 1 is 1.34 bits per heavy atom. The van der Waals surface area contributed by atoms with E-state index >= 15 is 0 Å². The van der Waals surface area contributed by atoms with Crippen molar-refractivity contribution in [3.63, 3.8) is 0 Å². The van der Waals surface area contributed by atoms with E-state index in [1.807, 2.05) is 0 Å². The van der Waals surface area contributed by atoms with Crippen molar-refractivity contribution < 1.29 is 31.9 Å². The van der Waals surface area contributed by atoms with E-state index in [4.69, 9.17) is 13.9 Å². The Labute approximate surface area is 181 Å². The van der Waals surface area contributed by atoms with Crippen LogP contribution in [0.3, 0.4) is 0 Å². The number of rotatable bonds is 8. The summed E-state index contributed by atoms with van der Waals surface area (Å²) in [5, 5.41) is 2.68. The smallest absolute Gasteiger partial charge is 0.319 e. The van der Waals surface area contributed by atoms with Crippen molar-refractivity contribution >= 4 is 17.1 Å². The molecule has 11 heteroatoms. The quantitative estimate of drug-likeness (QED) is 0.559. The maximum atomic E-state index is 14.6. The number of benzene rings is 1. The first kappa shape index (κ1) is 21.8. The molecule has 0 bridgehead atoms. The molecule has 1 saturated carbocycles. The van der Waals surface area contributed by atoms with Crippen molar-refractivity contribution in [2.75, 3.05) is 13.2 Å². The number of aryl methyl sites for hydroxylation is 1. The lowest BCUT2D eigenvalue weighted by Gasteiger charge is -2.12. The summed E-state index contributed by atoms with van der Waals surface area (Å²) in [6.45, 7) is 4.70. The van der Waals surface area contributed by atoms with Crippen LogP contribution < -0.4 is 14.8 Å². The molecule has 32 heavy (non-hydrogen) atoms. The molecule has 0 saturated heterocycles. The second kappa shape index (κ2) is 8.29. The summed E-state index contributed by atoms with van der Waals surface area (Å²) < 4.78 is 57.0. The summed E-state index contributed by atoms with van der Waals surface area (Å²) >= 11 is 0. The summed E-state index contributed by atoms with van der Waals surface area (Å²) in [5.74, 6) is -4.45. The fourth-order valence-electron chi connectivity index (χ4n) is 3.17. The molecular formula is C21H21F3N4O4. The lowest BCUT2D eigenvalue weighted by atomic mass is 10.1. The number of halogens is 3. The molecule has 0 unspecified atom stereocenters. The molecule has 170 valence electrons. The van der Waals surface area contributed by atoms with Gasteiger partial charge < -0.3 is 19.2 Å². The van der Waals surface area contributed by atoms with E-state index in [1.165, 1.54) is 13.1 Å². The van der Waals surface area contributed by atoms with Gasteiger partial charge in [-0.15, -0.1) is 0 Å². The molecule has 1 aliphatic carbocycles. The number of nitrogens with one attached hydrogen (secondary N) is 1. The van der Waals surface area contributed by atoms with Crippen LogP contribution in [0.15, 0.2) is 22.7 Å². The fourth-order valence-corrected chi connectivity index (χ4v) is 3.17. The van der Waals surface area contributed by atoms with Gasteiger partial charge in [0.15, 0.2) is 11.6 Å². The van der Waals surface area contributed by atoms with Gasteiger partial charge in [0.2, 0.25) is 11.8 Å². The van der Waals surface area contributed by atoms with Crippen LogP contribution in [-0.4, -0.2) is 46.0 Å². The number of hydrogen-bond acceptors (Lipinski definition) is 7. The lowest BCUT2D eigenvalue weighted by Crippen LogP contribution is -2.35. The zero-order valence-corrected chi connectivity index (χ0v) is 17.6. The average Bonchev–Trinajstić information content (AvgIpc) is 3.12. The Balaban J connectivity index is 1.48. The van der Waals surface area contributed by atoms with Crippen LogP contribution in [0.2, 0.25) is 0 Å². The zero-order chi connectivity index (χ0) is 23.0. The molecule has 0 aliphatic heterocycles. The Morgan fingerprint density at radius 3 is 2.75 bits per heavy atom. The Morgan fingerprint density at radius 2 is 2.09 bits per heavy atom. The van der Waals surface area contributed by atoms with E-state index < -0.39 is 17.7 Å². The van der Waals surface area contributed by atoms with Crippen LogP contribution in [0.5, 0.6) is 11.8 Å². The molecule has 0 radical (unpaired) electrons. The fraction of sp³-hybridized carbons (Fsp3) is 0.429. The third-order valence-corrected chi connectivity index (χ3v) is 4.90. The van der Waals surface area contributed by atoms with Crippen molar-refractivity contribution in [2.45, 2.75) is 39.2 Å². The Kier molecular flexibility index (Phi) is 5.66. The van der Waals surface area contributed by atoms with E-state index in [1.54, 1.807) is 19.9 Å². The highest BCUT2D eigenvalue weighted by atomic mass is 19.3. The van der Waals surface area contributed by atoms with Gasteiger partial charge >= 0.3 is 6.01 Å². The standard InChI is InChI=1S/C21H21F3N4O4/c1-10-4-13(5-15(22)17(10)30-9-14-6-21(14,23)24)18-27-16-7-25-20(28-19(16)32-18)31-8-11(2)26-12(3)29/h4-5,7,11,14H,6,8-9H2,1-3H3,(H,26,29)/t11-,14+/m0/s1. The van der Waals surface area contributed by atoms with Crippen molar-refractivity contribution in [1.82, 2.24) is 20.3 Å². The van der Waals surface area contributed by atoms with Crippen molar-refractivity contribution in [3.8, 4) is 23.2 Å². The molecule has 1 aromatic carbocycles. The highest BCUT2D eigenvalue weighted by Gasteiger charge is 2.57. The Hall–Kier alpha value is -3.37. The molecule has 1 N–H and O–H groups in total. The number of alkyl halides is 2. The van der Waals surface area contributed by atoms with Crippen LogP contribution in [0.4, 0.5) is 13.2 Å². The Bertz CT molecular complexity index is 1140. The molecule has 1 amide bonds. The highest BCUT2D eigenvalue weighted by Crippen LogP contribution is 2.48. The third kappa shape index (κ3) is 4.76. The molecular weight excluding hydrogens is 429 g/mol. The van der Waals surface area contributed by atoms with Gasteiger partial charge in [0.1, 0.15) is 12.1 Å². The highest BCUT2D eigenvalue weighted by molar-refractivity contribution is 5.73. The summed E-state index contributed by atoms with van der Waals surface area (Å²) in [4.78, 5) is 23.5. The minimum absolute atomic E-state index is 0.0420. The number of aromatic nitrogens is 3. The second-order valence-electron chi connectivity index (χ2n) is 7.85. The zero-order valence-electron chi connectivity index (χ0n) is 17.6. The van der Waals surface area contributed by atoms with Crippen molar-refractivity contribution in [2.24, 2.45) is 5.92 Å². The molecule has 2 atom stereocenters. The first-order valence-corrected chi connectivity index (χ1v) is 9.97. The van der Waals surface area contributed by atoms with E-state index in [9.17, 15) is 18.0 Å². The van der Waals surface area contributed by atoms with Crippen molar-refractivity contribution in [1.29, 1.82) is 0 Å². The van der Waals surface area contributed by atoms with E-state index in [-0.39, 0.29) is 54.9 Å². The van der Waals surface area contributed by atoms with Gasteiger partial charge in [0.25, 0.3) is 11.6 Å². The summed E-state index contributed by atoms with van der Waals surface area (Å²) in [6.07, 6.45) is 1.16. The molecule has 2 heterocycles. The van der Waals surface area contributed by atoms with Crippen LogP contribution in [-0.2, 0) is 4.79 Å². The molecule has 4 rings (SSSR count). The number of ether oxygens (including phenoxy) is 2. The van der Waals surface area contributed by atoms with Gasteiger partial charge in [-0.2, -0.15) is 4.98 Å². The average molecular weight is 450 g/mol. The maximum Gasteiger partial charge on any atom is 0.319 e. The molecule has 3 aromatic rings. The first-order chi connectivity index (χ1) is 15.1. The van der Waals surface area contributed by atoms with Crippen LogP contribution >= 0.6 is 0 Å². The van der Waals surface area contributed by atoms with Gasteiger partial charge in [0, 0.05) is 18.9 Å². The molecule has 1 fully saturated rings. The monoisotopic (exact) mass is 450 g/mol. The third-order valence-electron chi connectivity index (χ3n) is 4.90. The number of amides is 1. The number of oxazole rings is 1. The largest absolute Gasteiger partial charge is 0.490 e. The van der Waals surface area contributed by atoms with Gasteiger partial charge in [-0.25, -0.2) is 23.1 Å². The van der Waals surface area contributed by atoms with E-state index in [0.29, 0.717) is 16.6 Å². The predicted octanol–water partition coefficient (Wildman–Crippen LogP) is 3.67. The minimum atomic E-state index is -2.73. The molecule has 2 aromatic heterocycles. The normalized spacial score (nSPS) is 17.8. The molecule has 8 nitrogen and oxygen atoms in total. The number of fused-ring (bicyclic) bond motifs is 1. The summed E-state index contributed by atoms with van der Waals surface area (Å²) in [7, 11) is 0. The van der Waals surface area contributed by atoms with E-state index in [0.717, 1.165) is 6.07 Å². The number of carbonyl (C=O) groups is 1. The van der Waals surface area contributed by atoms with Gasteiger partial charge in [-0.1, -0.05) is 0 Å². The topological polar surface area (TPSA) is 99.4 Å². The SMILES string of the molecule is CC(=O)N[C@@H](C)COc1ncc2nc(-c3cc(C)c(OC[C@H]4CC4(F)F)c(F)c3)oc2n1. The van der Waals surface area contributed by atoms with E-state index in [2.05, 4.69) is 20.3 Å². The number of hydrogen-bond donors (Lipinski definition) is 1. The molecule has 1 aliphatic rings. The first-order valence-electron chi connectivity index (χ1n) is 9.97. The predicted molar refractivity (Wildman–Crippen MR) is 107 cm³/mol. The van der Waals surface area contributed by atoms with Gasteiger partial charge in [-0.05, 0) is 31.5 Å². The van der Waals surface area contributed by atoms with Gasteiger partial charge in [-0.3, -0.25) is 4.79 Å². The maximum absolute atomic E-state index is 14.6. The van der Waals surface area contributed by atoms with Crippen LogP contribution in [0.25, 0.3) is 22.7 Å². The van der Waals surface area contributed by atoms with Crippen molar-refractivity contribution in [3.05, 3.63) is 29.7 Å². The second-order valence-corrected chi connectivity index (χ2v) is 7.85. The van der Waals surface area contributed by atoms with Crippen LogP contribution in [0.1, 0.15) is 25.8 Å².